The van der Waals surface area contributed by atoms with Gasteiger partial charge >= 0.3 is 0 Å². The molecule has 0 aliphatic rings. The van der Waals surface area contributed by atoms with Crippen molar-refractivity contribution in [3.63, 3.8) is 0 Å². The van der Waals surface area contributed by atoms with Crippen molar-refractivity contribution in [2.45, 2.75) is 19.4 Å². The zero-order valence-electron chi connectivity index (χ0n) is 8.23. The van der Waals surface area contributed by atoms with Gasteiger partial charge in [0, 0.05) is 6.04 Å². The van der Waals surface area contributed by atoms with Crippen molar-refractivity contribution >= 4 is 8.61 Å². The number of hydrogen-bond donors (Lipinski definition) is 1. The zero-order valence-corrected chi connectivity index (χ0v) is 9.13. The fourth-order valence-corrected chi connectivity index (χ4v) is 1.83. The van der Waals surface area contributed by atoms with Gasteiger partial charge in [-0.2, -0.15) is 0 Å². The van der Waals surface area contributed by atoms with Crippen molar-refractivity contribution in [2.75, 3.05) is 0 Å². The largest absolute Gasteiger partial charge is 0.256 e. The zero-order chi connectivity index (χ0) is 10.4. The van der Waals surface area contributed by atoms with E-state index in [1.165, 1.54) is 11.1 Å². The van der Waals surface area contributed by atoms with Crippen LogP contribution in [0.3, 0.4) is 0 Å². The molecular weight excluding hydrogens is 193 g/mol. The van der Waals surface area contributed by atoms with Crippen molar-refractivity contribution in [1.82, 2.24) is 5.09 Å². The van der Waals surface area contributed by atoms with Gasteiger partial charge in [-0.05, 0) is 24.5 Å². The van der Waals surface area contributed by atoms with Crippen LogP contribution < -0.4 is 5.09 Å². The summed E-state index contributed by atoms with van der Waals surface area (Å²) in [6.45, 7) is 5.74. The first-order valence-corrected chi connectivity index (χ1v) is 5.35. The molecule has 0 amide bonds. The smallest absolute Gasteiger partial charge is 0.246 e. The second-order valence-electron chi connectivity index (χ2n) is 3.15. The molecule has 0 aromatic heterocycles. The number of rotatable bonds is 5. The minimum atomic E-state index is -0.0363. The predicted molar refractivity (Wildman–Crippen MR) is 59.5 cm³/mol. The first-order chi connectivity index (χ1) is 6.79. The molecule has 0 saturated heterocycles. The Hall–Kier alpha value is -0.980. The van der Waals surface area contributed by atoms with E-state index in [4.69, 9.17) is 0 Å². The molecular formula is C11H14NOP. The quantitative estimate of drug-likeness (QED) is 0.592. The molecule has 0 spiro atoms. The summed E-state index contributed by atoms with van der Waals surface area (Å²) in [6.07, 6.45) is 2.61. The van der Waals surface area contributed by atoms with Gasteiger partial charge in [0.25, 0.3) is 0 Å². The third-order valence-electron chi connectivity index (χ3n) is 2.17. The molecule has 1 atom stereocenters. The van der Waals surface area contributed by atoms with Gasteiger partial charge in [0.15, 0.2) is 0 Å². The maximum Gasteiger partial charge on any atom is 0.246 e. The molecule has 1 N–H and O–H groups in total. The molecule has 74 valence electrons. The molecule has 0 saturated carbocycles. The molecule has 0 aliphatic heterocycles. The average Bonchev–Trinajstić information content (AvgIpc) is 2.18. The summed E-state index contributed by atoms with van der Waals surface area (Å²) in [5.74, 6) is 0. The van der Waals surface area contributed by atoms with Crippen LogP contribution in [0.1, 0.15) is 23.6 Å². The minimum absolute atomic E-state index is 0.0363. The van der Waals surface area contributed by atoms with Crippen molar-refractivity contribution in [3.05, 3.63) is 48.0 Å². The lowest BCUT2D eigenvalue weighted by molar-refractivity contribution is 0.576. The summed E-state index contributed by atoms with van der Waals surface area (Å²) >= 11 is 0. The summed E-state index contributed by atoms with van der Waals surface area (Å²) in [7, 11) is -0.0363. The fraction of sp³-hybridized carbons (Fsp3) is 0.273. The van der Waals surface area contributed by atoms with Gasteiger partial charge in [-0.15, -0.1) is 6.58 Å². The Labute approximate surface area is 86.3 Å². The van der Waals surface area contributed by atoms with E-state index in [9.17, 15) is 4.57 Å². The standard InChI is InChI=1S/C11H14NOP/c1-3-6-11(12-14-13)10-8-5-4-7-9(10)2/h3-5,7-8,11H,1,6H2,2H3,(H,12,13). The molecule has 0 heterocycles. The lowest BCUT2D eigenvalue weighted by Gasteiger charge is -2.15. The van der Waals surface area contributed by atoms with Crippen LogP contribution in [-0.4, -0.2) is 0 Å². The highest BCUT2D eigenvalue weighted by Gasteiger charge is 2.10. The molecule has 1 rings (SSSR count). The van der Waals surface area contributed by atoms with E-state index in [0.717, 1.165) is 6.42 Å². The number of benzene rings is 1. The molecule has 0 bridgehead atoms. The van der Waals surface area contributed by atoms with E-state index in [-0.39, 0.29) is 14.7 Å². The summed E-state index contributed by atoms with van der Waals surface area (Å²) in [5.41, 5.74) is 2.38. The number of aryl methyl sites for hydroxylation is 1. The van der Waals surface area contributed by atoms with E-state index in [1.807, 2.05) is 24.3 Å². The lowest BCUT2D eigenvalue weighted by Crippen LogP contribution is -2.11. The Balaban J connectivity index is 2.91. The first kappa shape index (κ1) is 11.1. The SMILES string of the molecule is C=CCC(NP=O)c1ccccc1C. The summed E-state index contributed by atoms with van der Waals surface area (Å²) in [5, 5.41) is 2.89. The van der Waals surface area contributed by atoms with E-state index in [1.54, 1.807) is 0 Å². The Morgan fingerprint density at radius 1 is 1.57 bits per heavy atom. The summed E-state index contributed by atoms with van der Waals surface area (Å²) < 4.78 is 10.5. The summed E-state index contributed by atoms with van der Waals surface area (Å²) in [6, 6.07) is 8.17. The van der Waals surface area contributed by atoms with Gasteiger partial charge in [-0.3, -0.25) is 4.57 Å². The Morgan fingerprint density at radius 2 is 2.29 bits per heavy atom. The van der Waals surface area contributed by atoms with Crippen LogP contribution in [0.25, 0.3) is 0 Å². The molecule has 2 nitrogen and oxygen atoms in total. The van der Waals surface area contributed by atoms with E-state index in [0.29, 0.717) is 0 Å². The van der Waals surface area contributed by atoms with E-state index >= 15 is 0 Å². The van der Waals surface area contributed by atoms with Crippen molar-refractivity contribution < 1.29 is 4.57 Å². The molecule has 1 unspecified atom stereocenters. The highest BCUT2D eigenvalue weighted by Crippen LogP contribution is 2.22. The van der Waals surface area contributed by atoms with Crippen molar-refractivity contribution in [1.29, 1.82) is 0 Å². The third kappa shape index (κ3) is 2.76. The molecule has 1 aromatic carbocycles. The van der Waals surface area contributed by atoms with E-state index in [2.05, 4.69) is 24.7 Å². The van der Waals surface area contributed by atoms with E-state index < -0.39 is 0 Å². The first-order valence-electron chi connectivity index (χ1n) is 4.54. The number of nitrogens with one attached hydrogen (secondary N) is 1. The Bertz CT molecular complexity index is 315. The minimum Gasteiger partial charge on any atom is -0.256 e. The second-order valence-corrected chi connectivity index (χ2v) is 3.59. The van der Waals surface area contributed by atoms with Crippen molar-refractivity contribution in [2.24, 2.45) is 0 Å². The maximum atomic E-state index is 10.5. The highest BCUT2D eigenvalue weighted by atomic mass is 31.1. The average molecular weight is 207 g/mol. The monoisotopic (exact) mass is 207 g/mol. The van der Waals surface area contributed by atoms with Crippen LogP contribution in [0.15, 0.2) is 36.9 Å². The molecule has 3 heteroatoms. The Kier molecular flexibility index (Phi) is 4.51. The van der Waals surface area contributed by atoms with Crippen LogP contribution >= 0.6 is 8.61 Å². The fourth-order valence-electron chi connectivity index (χ4n) is 1.46. The Morgan fingerprint density at radius 3 is 2.86 bits per heavy atom. The maximum absolute atomic E-state index is 10.5. The van der Waals surface area contributed by atoms with Crippen LogP contribution in [0, 0.1) is 6.92 Å². The molecule has 0 fully saturated rings. The summed E-state index contributed by atoms with van der Waals surface area (Å²) in [4.78, 5) is 0. The van der Waals surface area contributed by atoms with Gasteiger partial charge in [-0.1, -0.05) is 30.3 Å². The number of hydrogen-bond acceptors (Lipinski definition) is 1. The molecule has 0 radical (unpaired) electrons. The molecule has 14 heavy (non-hydrogen) atoms. The molecule has 0 aliphatic carbocycles. The van der Waals surface area contributed by atoms with Crippen LogP contribution in [0.4, 0.5) is 0 Å². The van der Waals surface area contributed by atoms with Gasteiger partial charge in [0.1, 0.15) is 0 Å². The van der Waals surface area contributed by atoms with Gasteiger partial charge in [0.2, 0.25) is 8.61 Å². The van der Waals surface area contributed by atoms with Crippen LogP contribution in [-0.2, 0) is 4.57 Å². The topological polar surface area (TPSA) is 29.1 Å². The highest BCUT2D eigenvalue weighted by molar-refractivity contribution is 7.21. The van der Waals surface area contributed by atoms with Crippen molar-refractivity contribution in [3.8, 4) is 0 Å². The normalized spacial score (nSPS) is 12.6. The van der Waals surface area contributed by atoms with Gasteiger partial charge in [-0.25, -0.2) is 5.09 Å². The lowest BCUT2D eigenvalue weighted by atomic mass is 10.00. The molecule has 1 aromatic rings. The predicted octanol–water partition coefficient (Wildman–Crippen LogP) is 3.41. The van der Waals surface area contributed by atoms with Gasteiger partial charge in [0.05, 0.1) is 0 Å². The second kappa shape index (κ2) is 5.69. The van der Waals surface area contributed by atoms with Gasteiger partial charge < -0.3 is 0 Å². The van der Waals surface area contributed by atoms with Crippen LogP contribution in [0.5, 0.6) is 0 Å². The third-order valence-corrected chi connectivity index (χ3v) is 2.59. The van der Waals surface area contributed by atoms with Crippen LogP contribution in [0.2, 0.25) is 0 Å².